The minimum atomic E-state index is -4.35. The summed E-state index contributed by atoms with van der Waals surface area (Å²) in [5, 5.41) is 13.9. The van der Waals surface area contributed by atoms with E-state index in [1.165, 1.54) is 11.0 Å². The second-order valence-electron chi connectivity index (χ2n) is 6.22. The van der Waals surface area contributed by atoms with Crippen LogP contribution in [0.25, 0.3) is 5.69 Å². The molecule has 1 atom stereocenters. The third-order valence-corrected chi connectivity index (χ3v) is 6.27. The number of piperazine rings is 1. The molecule has 0 radical (unpaired) electrons. The number of rotatable bonds is 5. The molecule has 152 valence electrons. The van der Waals surface area contributed by atoms with E-state index in [1.807, 2.05) is 0 Å². The maximum absolute atomic E-state index is 14.0. The average molecular weight is 422 g/mol. The maximum Gasteiger partial charge on any atom is 0.249 e. The molecule has 1 fully saturated rings. The van der Waals surface area contributed by atoms with Crippen LogP contribution >= 0.6 is 0 Å². The Bertz CT molecular complexity index is 1070. The normalized spacial score (nSPS) is 17.9. The Balaban J connectivity index is 1.48. The molecule has 4 rings (SSSR count). The van der Waals surface area contributed by atoms with Crippen LogP contribution < -0.4 is 10.1 Å². The zero-order valence-electron chi connectivity index (χ0n) is 14.9. The van der Waals surface area contributed by atoms with Crippen molar-refractivity contribution in [2.45, 2.75) is 11.1 Å². The summed E-state index contributed by atoms with van der Waals surface area (Å²) in [5.41, 5.74) is 0.721. The minimum Gasteiger partial charge on any atom is -0.474 e. The highest BCUT2D eigenvalue weighted by Crippen LogP contribution is 2.24. The van der Waals surface area contributed by atoms with E-state index in [9.17, 15) is 17.2 Å². The molecule has 12 heteroatoms. The molecule has 0 bridgehead atoms. The number of halogens is 2. The number of hydrogen-bond acceptors (Lipinski definition) is 7. The topological polar surface area (TPSA) is 102 Å². The summed E-state index contributed by atoms with van der Waals surface area (Å²) < 4.78 is 61.7. The molecule has 3 aromatic rings. The van der Waals surface area contributed by atoms with Gasteiger partial charge in [-0.25, -0.2) is 21.9 Å². The summed E-state index contributed by atoms with van der Waals surface area (Å²) in [6.07, 6.45) is 0.760. The van der Waals surface area contributed by atoms with Gasteiger partial charge in [-0.15, -0.1) is 5.10 Å². The molecule has 1 saturated heterocycles. The van der Waals surface area contributed by atoms with Crippen LogP contribution in [0.1, 0.15) is 0 Å². The molecule has 1 aliphatic heterocycles. The van der Waals surface area contributed by atoms with E-state index < -0.39 is 32.8 Å². The lowest BCUT2D eigenvalue weighted by molar-refractivity contribution is 0.110. The highest BCUT2D eigenvalue weighted by Gasteiger charge is 2.34. The van der Waals surface area contributed by atoms with Gasteiger partial charge in [0.1, 0.15) is 23.7 Å². The van der Waals surface area contributed by atoms with Crippen LogP contribution in [-0.2, 0) is 10.0 Å². The van der Waals surface area contributed by atoms with Crippen molar-refractivity contribution in [1.29, 1.82) is 0 Å². The van der Waals surface area contributed by atoms with E-state index in [0.29, 0.717) is 5.75 Å². The lowest BCUT2D eigenvalue weighted by atomic mass is 10.3. The van der Waals surface area contributed by atoms with Gasteiger partial charge in [0.2, 0.25) is 10.0 Å². The van der Waals surface area contributed by atoms with Gasteiger partial charge in [0.15, 0.2) is 11.1 Å². The first-order chi connectivity index (χ1) is 13.9. The SMILES string of the molecule is O=S(=O)(c1c(F)cccc1F)N1CCNC(Oc2ccc(-n3cnnn3)cc2)C1. The second-order valence-corrected chi connectivity index (χ2v) is 8.10. The van der Waals surface area contributed by atoms with Crippen LogP contribution in [0, 0.1) is 11.6 Å². The van der Waals surface area contributed by atoms with Crippen molar-refractivity contribution in [2.24, 2.45) is 0 Å². The zero-order chi connectivity index (χ0) is 20.4. The van der Waals surface area contributed by atoms with Gasteiger partial charge >= 0.3 is 0 Å². The molecule has 1 aliphatic rings. The van der Waals surface area contributed by atoms with Gasteiger partial charge in [0.05, 0.1) is 12.2 Å². The summed E-state index contributed by atoms with van der Waals surface area (Å²) in [7, 11) is -4.35. The number of benzene rings is 2. The average Bonchev–Trinajstić information content (AvgIpc) is 3.23. The largest absolute Gasteiger partial charge is 0.474 e. The number of aromatic nitrogens is 4. The van der Waals surface area contributed by atoms with Crippen LogP contribution in [0.5, 0.6) is 5.75 Å². The molecule has 0 saturated carbocycles. The number of ether oxygens (including phenoxy) is 1. The Morgan fingerprint density at radius 2 is 1.83 bits per heavy atom. The lowest BCUT2D eigenvalue weighted by Gasteiger charge is -2.33. The summed E-state index contributed by atoms with van der Waals surface area (Å²) in [6.45, 7) is 0.224. The van der Waals surface area contributed by atoms with Gasteiger partial charge in [-0.2, -0.15) is 4.31 Å². The number of tetrazole rings is 1. The number of nitrogens with one attached hydrogen (secondary N) is 1. The van der Waals surface area contributed by atoms with E-state index >= 15 is 0 Å². The Morgan fingerprint density at radius 1 is 1.10 bits per heavy atom. The fourth-order valence-corrected chi connectivity index (χ4v) is 4.52. The highest BCUT2D eigenvalue weighted by molar-refractivity contribution is 7.89. The molecule has 0 spiro atoms. The van der Waals surface area contributed by atoms with E-state index in [4.69, 9.17) is 4.74 Å². The molecule has 29 heavy (non-hydrogen) atoms. The number of sulfonamides is 1. The Kier molecular flexibility index (Phi) is 5.22. The zero-order valence-corrected chi connectivity index (χ0v) is 15.8. The maximum atomic E-state index is 14.0. The number of hydrogen-bond donors (Lipinski definition) is 1. The van der Waals surface area contributed by atoms with Gasteiger partial charge in [-0.1, -0.05) is 6.07 Å². The van der Waals surface area contributed by atoms with Crippen LogP contribution in [0.2, 0.25) is 0 Å². The fourth-order valence-electron chi connectivity index (χ4n) is 2.97. The Labute approximate surface area is 164 Å². The Morgan fingerprint density at radius 3 is 2.48 bits per heavy atom. The molecule has 1 aromatic heterocycles. The van der Waals surface area contributed by atoms with E-state index in [1.54, 1.807) is 24.3 Å². The number of nitrogens with zero attached hydrogens (tertiary/aromatic N) is 5. The third-order valence-electron chi connectivity index (χ3n) is 4.35. The molecule has 1 unspecified atom stereocenters. The van der Waals surface area contributed by atoms with Crippen molar-refractivity contribution in [2.75, 3.05) is 19.6 Å². The molecule has 2 heterocycles. The summed E-state index contributed by atoms with van der Waals surface area (Å²) in [4.78, 5) is -0.952. The van der Waals surface area contributed by atoms with Crippen molar-refractivity contribution >= 4 is 10.0 Å². The quantitative estimate of drug-likeness (QED) is 0.653. The van der Waals surface area contributed by atoms with Crippen molar-refractivity contribution in [1.82, 2.24) is 29.8 Å². The van der Waals surface area contributed by atoms with Crippen molar-refractivity contribution < 1.29 is 21.9 Å². The van der Waals surface area contributed by atoms with Crippen LogP contribution in [0.4, 0.5) is 8.78 Å². The molecule has 9 nitrogen and oxygen atoms in total. The summed E-state index contributed by atoms with van der Waals surface area (Å²) in [5.74, 6) is -1.77. The second kappa shape index (κ2) is 7.81. The minimum absolute atomic E-state index is 0.0637. The van der Waals surface area contributed by atoms with Crippen LogP contribution in [0.15, 0.2) is 53.7 Å². The first-order valence-electron chi connectivity index (χ1n) is 8.63. The molecule has 2 aromatic carbocycles. The van der Waals surface area contributed by atoms with Gasteiger partial charge in [0, 0.05) is 13.1 Å². The summed E-state index contributed by atoms with van der Waals surface area (Å²) >= 11 is 0. The smallest absolute Gasteiger partial charge is 0.249 e. The Hall–Kier alpha value is -2.96. The van der Waals surface area contributed by atoms with Gasteiger partial charge in [-0.05, 0) is 46.8 Å². The predicted molar refractivity (Wildman–Crippen MR) is 96.7 cm³/mol. The lowest BCUT2D eigenvalue weighted by Crippen LogP contribution is -2.55. The van der Waals surface area contributed by atoms with Crippen molar-refractivity contribution in [3.8, 4) is 11.4 Å². The highest BCUT2D eigenvalue weighted by atomic mass is 32.2. The molecule has 0 amide bonds. The predicted octanol–water partition coefficient (Wildman–Crippen LogP) is 0.939. The molecule has 1 N–H and O–H groups in total. The van der Waals surface area contributed by atoms with E-state index in [0.717, 1.165) is 28.2 Å². The van der Waals surface area contributed by atoms with Crippen LogP contribution in [0.3, 0.4) is 0 Å². The monoisotopic (exact) mass is 422 g/mol. The van der Waals surface area contributed by atoms with Gasteiger partial charge in [0.25, 0.3) is 0 Å². The molecular formula is C17H16F2N6O3S. The van der Waals surface area contributed by atoms with Gasteiger partial charge < -0.3 is 4.74 Å². The van der Waals surface area contributed by atoms with Crippen LogP contribution in [-0.4, -0.2) is 58.8 Å². The first-order valence-corrected chi connectivity index (χ1v) is 10.1. The van der Waals surface area contributed by atoms with E-state index in [-0.39, 0.29) is 19.6 Å². The fraction of sp³-hybridized carbons (Fsp3) is 0.235. The van der Waals surface area contributed by atoms with Crippen molar-refractivity contribution in [3.63, 3.8) is 0 Å². The molecular weight excluding hydrogens is 406 g/mol. The van der Waals surface area contributed by atoms with Crippen molar-refractivity contribution in [3.05, 3.63) is 60.4 Å². The first kappa shape index (κ1) is 19.4. The van der Waals surface area contributed by atoms with Gasteiger partial charge in [-0.3, -0.25) is 5.32 Å². The summed E-state index contributed by atoms with van der Waals surface area (Å²) in [6, 6.07) is 9.78. The standard InChI is InChI=1S/C17H16F2N6O3S/c18-14-2-1-3-15(19)17(14)29(26,27)24-9-8-20-16(10-24)28-13-6-4-12(5-7-13)25-11-21-22-23-25/h1-7,11,16,20H,8-10H2. The van der Waals surface area contributed by atoms with E-state index in [2.05, 4.69) is 20.8 Å². The molecule has 0 aliphatic carbocycles. The third kappa shape index (κ3) is 3.95.